The maximum absolute atomic E-state index is 12.9. The Morgan fingerprint density at radius 2 is 1.80 bits per heavy atom. The van der Waals surface area contributed by atoms with E-state index in [1.165, 1.54) is 19.3 Å². The Bertz CT molecular complexity index is 675. The van der Waals surface area contributed by atoms with Crippen molar-refractivity contribution in [2.75, 3.05) is 18.6 Å². The molecule has 4 aliphatic carbocycles. The van der Waals surface area contributed by atoms with E-state index in [1.807, 2.05) is 30.3 Å². The highest BCUT2D eigenvalue weighted by Crippen LogP contribution is 2.64. The van der Waals surface area contributed by atoms with Crippen LogP contribution in [0.15, 0.2) is 30.3 Å². The van der Waals surface area contributed by atoms with Crippen LogP contribution in [-0.2, 0) is 14.3 Å². The highest BCUT2D eigenvalue weighted by Gasteiger charge is 2.60. The molecule has 0 aromatic heterocycles. The predicted octanol–water partition coefficient (Wildman–Crippen LogP) is 3.93. The molecule has 1 amide bonds. The predicted molar refractivity (Wildman–Crippen MR) is 99.6 cm³/mol. The number of esters is 1. The fourth-order valence-corrected chi connectivity index (χ4v) is 7.01. The van der Waals surface area contributed by atoms with Crippen LogP contribution in [0, 0.1) is 17.3 Å². The lowest BCUT2D eigenvalue weighted by molar-refractivity contribution is -0.170. The maximum atomic E-state index is 12.9. The molecule has 25 heavy (non-hydrogen) atoms. The minimum Gasteiger partial charge on any atom is -0.455 e. The summed E-state index contributed by atoms with van der Waals surface area (Å²) in [6.07, 6.45) is 6.31. The van der Waals surface area contributed by atoms with E-state index in [1.54, 1.807) is 11.9 Å². The van der Waals surface area contributed by atoms with E-state index in [0.29, 0.717) is 11.8 Å². The number of benzene rings is 1. The van der Waals surface area contributed by atoms with Crippen molar-refractivity contribution < 1.29 is 14.3 Å². The van der Waals surface area contributed by atoms with Crippen molar-refractivity contribution in [3.63, 3.8) is 0 Å². The van der Waals surface area contributed by atoms with Gasteiger partial charge in [0.05, 0.1) is 5.41 Å². The third kappa shape index (κ3) is 3.12. The van der Waals surface area contributed by atoms with Gasteiger partial charge in [-0.1, -0.05) is 34.1 Å². The second-order valence-electron chi connectivity index (χ2n) is 8.26. The van der Waals surface area contributed by atoms with Crippen molar-refractivity contribution in [2.45, 2.75) is 42.8 Å². The number of para-hydroxylation sites is 1. The molecule has 0 aliphatic heterocycles. The minimum atomic E-state index is -0.376. The van der Waals surface area contributed by atoms with Gasteiger partial charge in [0.2, 0.25) is 0 Å². The zero-order valence-electron chi connectivity index (χ0n) is 14.5. The monoisotopic (exact) mass is 405 g/mol. The molecule has 1 aromatic rings. The number of halogens is 1. The van der Waals surface area contributed by atoms with Crippen LogP contribution < -0.4 is 4.90 Å². The van der Waals surface area contributed by atoms with Crippen LogP contribution in [0.1, 0.15) is 38.5 Å². The summed E-state index contributed by atoms with van der Waals surface area (Å²) >= 11 is 3.91. The number of hydrogen-bond donors (Lipinski definition) is 0. The molecule has 5 heteroatoms. The van der Waals surface area contributed by atoms with Crippen molar-refractivity contribution in [3.05, 3.63) is 30.3 Å². The fourth-order valence-electron chi connectivity index (χ4n) is 5.56. The molecule has 4 fully saturated rings. The number of amides is 1. The SMILES string of the molecule is CN(C(=O)COC(=O)C12C[C@@H]3C[C@@H](CC(Br)(C3)C1)C2)c1ccccc1. The van der Waals surface area contributed by atoms with Gasteiger partial charge in [0, 0.05) is 17.1 Å². The van der Waals surface area contributed by atoms with Crippen LogP contribution in [0.2, 0.25) is 0 Å². The molecule has 2 unspecified atom stereocenters. The molecule has 0 N–H and O–H groups in total. The average molecular weight is 406 g/mol. The first-order chi connectivity index (χ1) is 11.9. The largest absolute Gasteiger partial charge is 0.455 e. The van der Waals surface area contributed by atoms with Crippen LogP contribution in [0.3, 0.4) is 0 Å². The molecule has 4 atom stereocenters. The summed E-state index contributed by atoms with van der Waals surface area (Å²) < 4.78 is 5.64. The molecule has 0 heterocycles. The second-order valence-corrected chi connectivity index (χ2v) is 9.94. The van der Waals surface area contributed by atoms with Gasteiger partial charge < -0.3 is 9.64 Å². The quantitative estimate of drug-likeness (QED) is 0.563. The van der Waals surface area contributed by atoms with E-state index >= 15 is 0 Å². The first kappa shape index (κ1) is 17.1. The number of rotatable bonds is 4. The summed E-state index contributed by atoms with van der Waals surface area (Å²) in [7, 11) is 1.71. The number of likely N-dealkylation sites (N-methyl/N-ethyl adjacent to an activating group) is 1. The number of carbonyl (C=O) groups is 2. The van der Waals surface area contributed by atoms with Gasteiger partial charge in [0.25, 0.3) is 5.91 Å². The average Bonchev–Trinajstić information content (AvgIpc) is 2.57. The van der Waals surface area contributed by atoms with Crippen LogP contribution in [-0.4, -0.2) is 29.9 Å². The van der Waals surface area contributed by atoms with Gasteiger partial charge in [-0.15, -0.1) is 0 Å². The molecular formula is C20H24BrNO3. The van der Waals surface area contributed by atoms with Gasteiger partial charge in [-0.25, -0.2) is 0 Å². The number of alkyl halides is 1. The Hall–Kier alpha value is -1.36. The summed E-state index contributed by atoms with van der Waals surface area (Å²) in [4.78, 5) is 26.8. The van der Waals surface area contributed by atoms with E-state index in [0.717, 1.165) is 24.9 Å². The Balaban J connectivity index is 1.40. The highest BCUT2D eigenvalue weighted by atomic mass is 79.9. The van der Waals surface area contributed by atoms with E-state index in [-0.39, 0.29) is 28.2 Å². The molecular weight excluding hydrogens is 382 g/mol. The van der Waals surface area contributed by atoms with E-state index in [2.05, 4.69) is 15.9 Å². The number of carbonyl (C=O) groups excluding carboxylic acids is 2. The smallest absolute Gasteiger partial charge is 0.312 e. The van der Waals surface area contributed by atoms with Gasteiger partial charge in [0.1, 0.15) is 0 Å². The topological polar surface area (TPSA) is 46.6 Å². The van der Waals surface area contributed by atoms with Gasteiger partial charge in [-0.2, -0.15) is 0 Å². The Kier molecular flexibility index (Phi) is 4.18. The summed E-state index contributed by atoms with van der Waals surface area (Å²) in [5.74, 6) is 0.879. The number of hydrogen-bond acceptors (Lipinski definition) is 3. The zero-order chi connectivity index (χ0) is 17.7. The molecule has 5 rings (SSSR count). The third-order valence-corrected chi connectivity index (χ3v) is 7.19. The Morgan fingerprint density at radius 3 is 2.40 bits per heavy atom. The molecule has 0 radical (unpaired) electrons. The first-order valence-electron chi connectivity index (χ1n) is 9.07. The van der Waals surface area contributed by atoms with Crippen LogP contribution in [0.5, 0.6) is 0 Å². The van der Waals surface area contributed by atoms with Crippen molar-refractivity contribution in [1.82, 2.24) is 0 Å². The molecule has 4 nitrogen and oxygen atoms in total. The minimum absolute atomic E-state index is 0.112. The van der Waals surface area contributed by atoms with Crippen LogP contribution in [0.4, 0.5) is 5.69 Å². The molecule has 4 aliphatic rings. The van der Waals surface area contributed by atoms with E-state index in [4.69, 9.17) is 4.74 Å². The summed E-state index contributed by atoms with van der Waals surface area (Å²) in [6, 6.07) is 9.41. The van der Waals surface area contributed by atoms with Crippen LogP contribution >= 0.6 is 15.9 Å². The van der Waals surface area contributed by atoms with Crippen molar-refractivity contribution in [2.24, 2.45) is 17.3 Å². The standard InChI is InChI=1S/C20H24BrNO3/c1-22(16-5-3-2-4-6-16)17(23)12-25-18(24)19-8-14-7-15(9-19)11-20(21,10-14)13-19/h2-6,14-15H,7-13H2,1H3/t14-,15+,19?,20?. The molecule has 134 valence electrons. The lowest BCUT2D eigenvalue weighted by Crippen LogP contribution is -2.56. The number of nitrogens with zero attached hydrogens (tertiary/aromatic N) is 1. The van der Waals surface area contributed by atoms with Crippen molar-refractivity contribution >= 4 is 33.5 Å². The number of ether oxygens (including phenoxy) is 1. The maximum Gasteiger partial charge on any atom is 0.312 e. The van der Waals surface area contributed by atoms with Gasteiger partial charge in [-0.05, 0) is 62.5 Å². The summed E-state index contributed by atoms with van der Waals surface area (Å²) in [6.45, 7) is -0.184. The fraction of sp³-hybridized carbons (Fsp3) is 0.600. The number of anilines is 1. The molecule has 4 saturated carbocycles. The first-order valence-corrected chi connectivity index (χ1v) is 9.86. The summed E-state index contributed by atoms with van der Waals surface area (Å²) in [5.41, 5.74) is 0.428. The molecule has 0 saturated heterocycles. The lowest BCUT2D eigenvalue weighted by Gasteiger charge is -2.58. The van der Waals surface area contributed by atoms with Crippen LogP contribution in [0.25, 0.3) is 0 Å². The Morgan fingerprint density at radius 1 is 1.16 bits per heavy atom. The van der Waals surface area contributed by atoms with Crippen molar-refractivity contribution in [3.8, 4) is 0 Å². The summed E-state index contributed by atoms with van der Waals surface area (Å²) in [5, 5.41) is 0. The van der Waals surface area contributed by atoms with Gasteiger partial charge >= 0.3 is 5.97 Å². The second kappa shape index (κ2) is 6.11. The lowest BCUT2D eigenvalue weighted by atomic mass is 9.49. The molecule has 4 bridgehead atoms. The third-order valence-electron chi connectivity index (χ3n) is 6.27. The molecule has 0 spiro atoms. The van der Waals surface area contributed by atoms with Gasteiger partial charge in [0.15, 0.2) is 6.61 Å². The Labute approximate surface area is 157 Å². The van der Waals surface area contributed by atoms with E-state index in [9.17, 15) is 9.59 Å². The normalized spacial score (nSPS) is 35.4. The van der Waals surface area contributed by atoms with Gasteiger partial charge in [-0.3, -0.25) is 9.59 Å². The highest BCUT2D eigenvalue weighted by molar-refractivity contribution is 9.10. The molecule has 1 aromatic carbocycles. The zero-order valence-corrected chi connectivity index (χ0v) is 16.1. The van der Waals surface area contributed by atoms with E-state index < -0.39 is 0 Å². The van der Waals surface area contributed by atoms with Crippen molar-refractivity contribution in [1.29, 1.82) is 0 Å².